The van der Waals surface area contributed by atoms with Crippen LogP contribution in [0.25, 0.3) is 0 Å². The lowest BCUT2D eigenvalue weighted by Crippen LogP contribution is -2.36. The van der Waals surface area contributed by atoms with Gasteiger partial charge in [-0.1, -0.05) is 0 Å². The number of ether oxygens (including phenoxy) is 1. The van der Waals surface area contributed by atoms with Gasteiger partial charge in [0, 0.05) is 17.8 Å². The molecular formula is C14H23N3O2. The SMILES string of the molecule is Cc1n[nH]c(C)c1[C@H]1CCCN1C(=O)OC(C)(C)C. The topological polar surface area (TPSA) is 58.2 Å². The molecule has 1 N–H and O–H groups in total. The van der Waals surface area contributed by atoms with E-state index in [2.05, 4.69) is 10.2 Å². The molecule has 0 radical (unpaired) electrons. The average Bonchev–Trinajstić information content (AvgIpc) is 2.83. The Morgan fingerprint density at radius 3 is 2.63 bits per heavy atom. The number of carbonyl (C=O) groups is 1. The number of carbonyl (C=O) groups excluding carboxylic acids is 1. The fourth-order valence-electron chi connectivity index (χ4n) is 2.66. The van der Waals surface area contributed by atoms with Gasteiger partial charge in [0.2, 0.25) is 0 Å². The van der Waals surface area contributed by atoms with Crippen molar-refractivity contribution >= 4 is 6.09 Å². The molecule has 1 saturated heterocycles. The van der Waals surface area contributed by atoms with Crippen LogP contribution in [0.1, 0.15) is 56.6 Å². The lowest BCUT2D eigenvalue weighted by atomic mass is 10.0. The van der Waals surface area contributed by atoms with E-state index in [1.165, 1.54) is 0 Å². The van der Waals surface area contributed by atoms with Crippen molar-refractivity contribution in [1.29, 1.82) is 0 Å². The minimum Gasteiger partial charge on any atom is -0.444 e. The van der Waals surface area contributed by atoms with Crippen LogP contribution in [-0.4, -0.2) is 33.3 Å². The molecule has 1 fully saturated rings. The summed E-state index contributed by atoms with van der Waals surface area (Å²) < 4.78 is 5.49. The number of likely N-dealkylation sites (tertiary alicyclic amines) is 1. The Kier molecular flexibility index (Phi) is 3.56. The molecule has 1 aliphatic heterocycles. The van der Waals surface area contributed by atoms with E-state index in [9.17, 15) is 4.79 Å². The van der Waals surface area contributed by atoms with Crippen molar-refractivity contribution in [3.8, 4) is 0 Å². The van der Waals surface area contributed by atoms with E-state index in [4.69, 9.17) is 4.74 Å². The number of nitrogens with zero attached hydrogens (tertiary/aromatic N) is 2. The van der Waals surface area contributed by atoms with Crippen LogP contribution in [0.5, 0.6) is 0 Å². The van der Waals surface area contributed by atoms with E-state index in [1.807, 2.05) is 39.5 Å². The Morgan fingerprint density at radius 2 is 2.11 bits per heavy atom. The third kappa shape index (κ3) is 2.91. The van der Waals surface area contributed by atoms with Crippen molar-refractivity contribution in [3.63, 3.8) is 0 Å². The van der Waals surface area contributed by atoms with Crippen LogP contribution >= 0.6 is 0 Å². The summed E-state index contributed by atoms with van der Waals surface area (Å²) in [7, 11) is 0. The molecule has 1 aromatic heterocycles. The maximum Gasteiger partial charge on any atom is 0.410 e. The number of aromatic nitrogens is 2. The van der Waals surface area contributed by atoms with Gasteiger partial charge in [-0.3, -0.25) is 5.10 Å². The normalized spacial score (nSPS) is 19.8. The highest BCUT2D eigenvalue weighted by molar-refractivity contribution is 5.69. The van der Waals surface area contributed by atoms with E-state index in [0.29, 0.717) is 0 Å². The van der Waals surface area contributed by atoms with E-state index in [0.717, 1.165) is 36.3 Å². The molecule has 0 spiro atoms. The molecule has 0 bridgehead atoms. The van der Waals surface area contributed by atoms with Crippen LogP contribution in [0.4, 0.5) is 4.79 Å². The number of H-pyrrole nitrogens is 1. The van der Waals surface area contributed by atoms with Gasteiger partial charge in [-0.2, -0.15) is 5.10 Å². The number of amides is 1. The number of aromatic amines is 1. The zero-order chi connectivity index (χ0) is 14.2. The van der Waals surface area contributed by atoms with E-state index >= 15 is 0 Å². The molecule has 1 aliphatic rings. The van der Waals surface area contributed by atoms with Crippen LogP contribution in [0.15, 0.2) is 0 Å². The molecule has 1 amide bonds. The lowest BCUT2D eigenvalue weighted by Gasteiger charge is -2.28. The van der Waals surface area contributed by atoms with Crippen molar-refractivity contribution in [2.75, 3.05) is 6.54 Å². The fraction of sp³-hybridized carbons (Fsp3) is 0.714. The zero-order valence-corrected chi connectivity index (χ0v) is 12.4. The van der Waals surface area contributed by atoms with Crippen LogP contribution in [0, 0.1) is 13.8 Å². The number of hydrogen-bond acceptors (Lipinski definition) is 3. The van der Waals surface area contributed by atoms with E-state index < -0.39 is 5.60 Å². The summed E-state index contributed by atoms with van der Waals surface area (Å²) in [5.41, 5.74) is 2.70. The highest BCUT2D eigenvalue weighted by Gasteiger charge is 2.35. The minimum atomic E-state index is -0.454. The molecule has 2 rings (SSSR count). The van der Waals surface area contributed by atoms with Gasteiger partial charge in [-0.15, -0.1) is 0 Å². The largest absolute Gasteiger partial charge is 0.444 e. The number of aryl methyl sites for hydroxylation is 2. The Labute approximate surface area is 114 Å². The standard InChI is InChI=1S/C14H23N3O2/c1-9-12(10(2)16-15-9)11-7-6-8-17(11)13(18)19-14(3,4)5/h11H,6-8H2,1-5H3,(H,15,16)/t11-/m1/s1. The van der Waals surface area contributed by atoms with Gasteiger partial charge in [-0.25, -0.2) is 4.79 Å². The quantitative estimate of drug-likeness (QED) is 0.848. The summed E-state index contributed by atoms with van der Waals surface area (Å²) in [6, 6.07) is 0.0913. The maximum atomic E-state index is 12.3. The average molecular weight is 265 g/mol. The molecule has 1 aromatic rings. The second-order valence-corrected chi connectivity index (χ2v) is 6.18. The van der Waals surface area contributed by atoms with Crippen molar-refractivity contribution < 1.29 is 9.53 Å². The Bertz CT molecular complexity index is 454. The summed E-state index contributed by atoms with van der Waals surface area (Å²) in [4.78, 5) is 14.1. The summed E-state index contributed by atoms with van der Waals surface area (Å²) in [6.07, 6.45) is 1.75. The fourth-order valence-corrected chi connectivity index (χ4v) is 2.66. The van der Waals surface area contributed by atoms with Crippen molar-refractivity contribution in [3.05, 3.63) is 17.0 Å². The second-order valence-electron chi connectivity index (χ2n) is 6.18. The van der Waals surface area contributed by atoms with Crippen molar-refractivity contribution in [1.82, 2.24) is 15.1 Å². The van der Waals surface area contributed by atoms with Crippen molar-refractivity contribution in [2.24, 2.45) is 0 Å². The number of hydrogen-bond donors (Lipinski definition) is 1. The molecule has 0 aliphatic carbocycles. The highest BCUT2D eigenvalue weighted by Crippen LogP contribution is 2.35. The van der Waals surface area contributed by atoms with Crippen molar-refractivity contribution in [2.45, 2.75) is 59.1 Å². The van der Waals surface area contributed by atoms with Gasteiger partial charge in [0.15, 0.2) is 0 Å². The Balaban J connectivity index is 2.20. The summed E-state index contributed by atoms with van der Waals surface area (Å²) >= 11 is 0. The minimum absolute atomic E-state index is 0.0913. The smallest absolute Gasteiger partial charge is 0.410 e. The van der Waals surface area contributed by atoms with Gasteiger partial charge in [-0.05, 0) is 47.5 Å². The maximum absolute atomic E-state index is 12.3. The van der Waals surface area contributed by atoms with Gasteiger partial charge < -0.3 is 9.64 Å². The first-order valence-electron chi connectivity index (χ1n) is 6.80. The van der Waals surface area contributed by atoms with Crippen LogP contribution in [-0.2, 0) is 4.74 Å². The predicted molar refractivity (Wildman–Crippen MR) is 73.0 cm³/mol. The molecular weight excluding hydrogens is 242 g/mol. The van der Waals surface area contributed by atoms with Gasteiger partial charge in [0.05, 0.1) is 11.7 Å². The van der Waals surface area contributed by atoms with Crippen LogP contribution < -0.4 is 0 Å². The van der Waals surface area contributed by atoms with Gasteiger partial charge in [0.25, 0.3) is 0 Å². The van der Waals surface area contributed by atoms with Gasteiger partial charge >= 0.3 is 6.09 Å². The number of nitrogens with one attached hydrogen (secondary N) is 1. The molecule has 19 heavy (non-hydrogen) atoms. The molecule has 0 aromatic carbocycles. The predicted octanol–water partition coefficient (Wildman–Crippen LogP) is 3.10. The first-order valence-corrected chi connectivity index (χ1v) is 6.80. The molecule has 2 heterocycles. The summed E-state index contributed by atoms with van der Waals surface area (Å²) in [5.74, 6) is 0. The lowest BCUT2D eigenvalue weighted by molar-refractivity contribution is 0.0224. The van der Waals surface area contributed by atoms with Crippen LogP contribution in [0.3, 0.4) is 0 Å². The number of rotatable bonds is 1. The third-order valence-electron chi connectivity index (χ3n) is 3.40. The highest BCUT2D eigenvalue weighted by atomic mass is 16.6. The first kappa shape index (κ1) is 13.9. The van der Waals surface area contributed by atoms with E-state index in [1.54, 1.807) is 0 Å². The molecule has 1 atom stereocenters. The second kappa shape index (κ2) is 4.87. The third-order valence-corrected chi connectivity index (χ3v) is 3.40. The van der Waals surface area contributed by atoms with Gasteiger partial charge in [0.1, 0.15) is 5.60 Å². The molecule has 0 unspecified atom stereocenters. The zero-order valence-electron chi connectivity index (χ0n) is 12.4. The molecule has 5 heteroatoms. The Hall–Kier alpha value is -1.52. The molecule has 106 valence electrons. The molecule has 5 nitrogen and oxygen atoms in total. The van der Waals surface area contributed by atoms with Crippen LogP contribution in [0.2, 0.25) is 0 Å². The summed E-state index contributed by atoms with van der Waals surface area (Å²) in [5, 5.41) is 7.22. The summed E-state index contributed by atoms with van der Waals surface area (Å²) in [6.45, 7) is 10.4. The monoisotopic (exact) mass is 265 g/mol. The first-order chi connectivity index (χ1) is 8.79. The van der Waals surface area contributed by atoms with E-state index in [-0.39, 0.29) is 12.1 Å². The Morgan fingerprint density at radius 1 is 1.42 bits per heavy atom. The molecule has 0 saturated carbocycles.